The van der Waals surface area contributed by atoms with E-state index in [9.17, 15) is 0 Å². The first kappa shape index (κ1) is 10.2. The number of nitrogens with one attached hydrogen (secondary N) is 1. The molecule has 0 aromatic carbocycles. The van der Waals surface area contributed by atoms with Gasteiger partial charge >= 0.3 is 0 Å². The maximum atomic E-state index is 5.44. The van der Waals surface area contributed by atoms with Crippen molar-refractivity contribution in [2.45, 2.75) is 19.1 Å². The Morgan fingerprint density at radius 1 is 1.69 bits per heavy atom. The molecule has 3 N–H and O–H groups in total. The van der Waals surface area contributed by atoms with E-state index in [1.54, 1.807) is 18.0 Å². The molecule has 1 heterocycles. The van der Waals surface area contributed by atoms with E-state index in [2.05, 4.69) is 10.5 Å². The smallest absolute Gasteiger partial charge is 0.0887 e. The number of aryl methyl sites for hydroxylation is 1. The lowest BCUT2D eigenvalue weighted by Gasteiger charge is -2.21. The van der Waals surface area contributed by atoms with E-state index in [0.717, 1.165) is 5.69 Å². The van der Waals surface area contributed by atoms with Crippen molar-refractivity contribution < 1.29 is 4.74 Å². The molecule has 1 aromatic rings. The van der Waals surface area contributed by atoms with Crippen molar-refractivity contribution in [1.29, 1.82) is 0 Å². The quantitative estimate of drug-likeness (QED) is 0.509. The van der Waals surface area contributed by atoms with Crippen molar-refractivity contribution in [3.63, 3.8) is 0 Å². The summed E-state index contributed by atoms with van der Waals surface area (Å²) in [4.78, 5) is 0. The SMILES string of the molecule is COC(C)C(NN)c1ccnn1C. The van der Waals surface area contributed by atoms with E-state index in [1.165, 1.54) is 0 Å². The van der Waals surface area contributed by atoms with E-state index in [0.29, 0.717) is 0 Å². The molecule has 5 heteroatoms. The van der Waals surface area contributed by atoms with Crippen LogP contribution in [0.5, 0.6) is 0 Å². The third-order valence-electron chi connectivity index (χ3n) is 2.20. The molecule has 2 unspecified atom stereocenters. The molecule has 0 aliphatic heterocycles. The van der Waals surface area contributed by atoms with Crippen molar-refractivity contribution in [2.75, 3.05) is 7.11 Å². The van der Waals surface area contributed by atoms with E-state index in [-0.39, 0.29) is 12.1 Å². The number of nitrogens with zero attached hydrogens (tertiary/aromatic N) is 2. The number of ether oxygens (including phenoxy) is 1. The fraction of sp³-hybridized carbons (Fsp3) is 0.625. The molecule has 0 saturated heterocycles. The number of hydrogen-bond donors (Lipinski definition) is 2. The van der Waals surface area contributed by atoms with Gasteiger partial charge in [-0.15, -0.1) is 0 Å². The largest absolute Gasteiger partial charge is 0.380 e. The van der Waals surface area contributed by atoms with Gasteiger partial charge in [-0.1, -0.05) is 0 Å². The molecule has 0 fully saturated rings. The van der Waals surface area contributed by atoms with Gasteiger partial charge in [-0.25, -0.2) is 5.43 Å². The molecule has 0 aliphatic rings. The van der Waals surface area contributed by atoms with Crippen LogP contribution < -0.4 is 11.3 Å². The van der Waals surface area contributed by atoms with Crippen molar-refractivity contribution in [3.8, 4) is 0 Å². The van der Waals surface area contributed by atoms with Crippen molar-refractivity contribution >= 4 is 0 Å². The minimum Gasteiger partial charge on any atom is -0.380 e. The van der Waals surface area contributed by atoms with Crippen molar-refractivity contribution in [2.24, 2.45) is 12.9 Å². The van der Waals surface area contributed by atoms with Gasteiger partial charge in [0.05, 0.1) is 17.8 Å². The maximum absolute atomic E-state index is 5.44. The zero-order valence-electron chi connectivity index (χ0n) is 8.19. The molecule has 13 heavy (non-hydrogen) atoms. The molecule has 0 saturated carbocycles. The number of methoxy groups -OCH3 is 1. The molecule has 0 aliphatic carbocycles. The minimum atomic E-state index is -0.0301. The predicted octanol–water partition coefficient (Wildman–Crippen LogP) is -0.0406. The highest BCUT2D eigenvalue weighted by Crippen LogP contribution is 2.16. The van der Waals surface area contributed by atoms with Gasteiger partial charge in [-0.3, -0.25) is 10.5 Å². The van der Waals surface area contributed by atoms with Crippen LogP contribution in [0.2, 0.25) is 0 Å². The van der Waals surface area contributed by atoms with Crippen LogP contribution in [0, 0.1) is 0 Å². The lowest BCUT2D eigenvalue weighted by molar-refractivity contribution is 0.0804. The molecule has 1 rings (SSSR count). The van der Waals surface area contributed by atoms with Gasteiger partial charge in [0.15, 0.2) is 0 Å². The van der Waals surface area contributed by atoms with Gasteiger partial charge in [-0.2, -0.15) is 5.10 Å². The van der Waals surface area contributed by atoms with E-state index in [4.69, 9.17) is 10.6 Å². The Kier molecular flexibility index (Phi) is 3.41. The Bertz CT molecular complexity index is 260. The molecule has 74 valence electrons. The van der Waals surface area contributed by atoms with Crippen molar-refractivity contribution in [1.82, 2.24) is 15.2 Å². The summed E-state index contributed by atoms with van der Waals surface area (Å²) >= 11 is 0. The topological polar surface area (TPSA) is 65.1 Å². The minimum absolute atomic E-state index is 0.0143. The second-order valence-corrected chi connectivity index (χ2v) is 2.96. The second kappa shape index (κ2) is 4.36. The number of rotatable bonds is 4. The van der Waals surface area contributed by atoms with E-state index >= 15 is 0 Å². The molecule has 0 radical (unpaired) electrons. The fourth-order valence-corrected chi connectivity index (χ4v) is 1.29. The average Bonchev–Trinajstić information content (AvgIpc) is 2.53. The standard InChI is InChI=1S/C8H16N4O/c1-6(13-3)8(11-9)7-4-5-10-12(7)2/h4-6,8,11H,9H2,1-3H3. The van der Waals surface area contributed by atoms with Gasteiger partial charge in [0, 0.05) is 20.4 Å². The van der Waals surface area contributed by atoms with Gasteiger partial charge in [0.1, 0.15) is 0 Å². The first-order valence-corrected chi connectivity index (χ1v) is 4.17. The van der Waals surface area contributed by atoms with Gasteiger partial charge in [0.2, 0.25) is 0 Å². The highest BCUT2D eigenvalue weighted by atomic mass is 16.5. The zero-order chi connectivity index (χ0) is 9.84. The highest BCUT2D eigenvalue weighted by Gasteiger charge is 2.19. The number of hydrogen-bond acceptors (Lipinski definition) is 4. The lowest BCUT2D eigenvalue weighted by Crippen LogP contribution is -2.37. The Labute approximate surface area is 77.8 Å². The Balaban J connectivity index is 2.84. The van der Waals surface area contributed by atoms with Crippen LogP contribution in [0.1, 0.15) is 18.7 Å². The molecule has 0 spiro atoms. The molecule has 2 atom stereocenters. The van der Waals surface area contributed by atoms with Crippen LogP contribution in [-0.4, -0.2) is 23.0 Å². The normalized spacial score (nSPS) is 15.7. The fourth-order valence-electron chi connectivity index (χ4n) is 1.29. The molecular weight excluding hydrogens is 168 g/mol. The third kappa shape index (κ3) is 2.06. The van der Waals surface area contributed by atoms with E-state index in [1.807, 2.05) is 20.0 Å². The monoisotopic (exact) mass is 184 g/mol. The number of hydrazine groups is 1. The summed E-state index contributed by atoms with van der Waals surface area (Å²) in [7, 11) is 3.54. The zero-order valence-corrected chi connectivity index (χ0v) is 8.19. The molecule has 0 bridgehead atoms. The molecular formula is C8H16N4O. The summed E-state index contributed by atoms with van der Waals surface area (Å²) < 4.78 is 6.98. The summed E-state index contributed by atoms with van der Waals surface area (Å²) in [6.07, 6.45) is 1.75. The lowest BCUT2D eigenvalue weighted by atomic mass is 10.1. The number of nitrogens with two attached hydrogens (primary N) is 1. The highest BCUT2D eigenvalue weighted by molar-refractivity contribution is 5.07. The summed E-state index contributed by atoms with van der Waals surface area (Å²) in [5.74, 6) is 5.44. The molecule has 5 nitrogen and oxygen atoms in total. The van der Waals surface area contributed by atoms with Crippen LogP contribution in [0.25, 0.3) is 0 Å². The maximum Gasteiger partial charge on any atom is 0.0887 e. The summed E-state index contributed by atoms with van der Waals surface area (Å²) in [6, 6.07) is 1.89. The van der Waals surface area contributed by atoms with Gasteiger partial charge in [0.25, 0.3) is 0 Å². The van der Waals surface area contributed by atoms with E-state index < -0.39 is 0 Å². The van der Waals surface area contributed by atoms with Crippen LogP contribution >= 0.6 is 0 Å². The van der Waals surface area contributed by atoms with Crippen LogP contribution in [0.4, 0.5) is 0 Å². The Morgan fingerprint density at radius 2 is 2.38 bits per heavy atom. The first-order valence-electron chi connectivity index (χ1n) is 4.17. The predicted molar refractivity (Wildman–Crippen MR) is 49.7 cm³/mol. The first-order chi connectivity index (χ1) is 6.20. The second-order valence-electron chi connectivity index (χ2n) is 2.96. The van der Waals surface area contributed by atoms with Crippen molar-refractivity contribution in [3.05, 3.63) is 18.0 Å². The van der Waals surface area contributed by atoms with Gasteiger partial charge in [-0.05, 0) is 13.0 Å². The number of aromatic nitrogens is 2. The van der Waals surface area contributed by atoms with Crippen LogP contribution in [0.3, 0.4) is 0 Å². The molecule has 0 amide bonds. The Hall–Kier alpha value is -0.910. The molecule has 1 aromatic heterocycles. The van der Waals surface area contributed by atoms with Crippen LogP contribution in [0.15, 0.2) is 12.3 Å². The summed E-state index contributed by atoms with van der Waals surface area (Å²) in [6.45, 7) is 1.96. The van der Waals surface area contributed by atoms with Gasteiger partial charge < -0.3 is 4.74 Å². The third-order valence-corrected chi connectivity index (χ3v) is 2.20. The van der Waals surface area contributed by atoms with Crippen LogP contribution in [-0.2, 0) is 11.8 Å². The summed E-state index contributed by atoms with van der Waals surface area (Å²) in [5.41, 5.74) is 3.72. The average molecular weight is 184 g/mol. The summed E-state index contributed by atoms with van der Waals surface area (Å²) in [5, 5.41) is 4.07. The Morgan fingerprint density at radius 3 is 2.77 bits per heavy atom.